The summed E-state index contributed by atoms with van der Waals surface area (Å²) in [5.41, 5.74) is 1.94. The maximum atomic E-state index is 11.9. The summed E-state index contributed by atoms with van der Waals surface area (Å²) in [4.78, 5) is 16.2. The molecular formula is C13H17IN2O. The van der Waals surface area contributed by atoms with Crippen LogP contribution in [0.2, 0.25) is 0 Å². The molecule has 1 atom stereocenters. The number of nitrogens with one attached hydrogen (secondary N) is 1. The SMILES string of the molecule is C=C(C)C[C@@H](C)C(=O)Nc1ccc(I)c(C)n1. The molecule has 17 heavy (non-hydrogen) atoms. The van der Waals surface area contributed by atoms with E-state index in [-0.39, 0.29) is 11.8 Å². The lowest BCUT2D eigenvalue weighted by Crippen LogP contribution is -2.21. The molecule has 0 aliphatic heterocycles. The van der Waals surface area contributed by atoms with Crippen LogP contribution in [0.4, 0.5) is 5.82 Å². The zero-order valence-electron chi connectivity index (χ0n) is 10.4. The summed E-state index contributed by atoms with van der Waals surface area (Å²) in [5, 5.41) is 2.82. The molecule has 1 N–H and O–H groups in total. The van der Waals surface area contributed by atoms with Crippen molar-refractivity contribution in [1.82, 2.24) is 4.98 Å². The number of aromatic nitrogens is 1. The highest BCUT2D eigenvalue weighted by atomic mass is 127. The van der Waals surface area contributed by atoms with Crippen LogP contribution in [0, 0.1) is 16.4 Å². The number of anilines is 1. The second-order valence-electron chi connectivity index (χ2n) is 4.32. The van der Waals surface area contributed by atoms with E-state index in [9.17, 15) is 4.79 Å². The zero-order chi connectivity index (χ0) is 13.0. The van der Waals surface area contributed by atoms with Crippen molar-refractivity contribution in [2.75, 3.05) is 5.32 Å². The second-order valence-corrected chi connectivity index (χ2v) is 5.48. The summed E-state index contributed by atoms with van der Waals surface area (Å²) >= 11 is 2.22. The minimum Gasteiger partial charge on any atom is -0.310 e. The third-order valence-electron chi connectivity index (χ3n) is 2.37. The largest absolute Gasteiger partial charge is 0.310 e. The van der Waals surface area contributed by atoms with Crippen LogP contribution < -0.4 is 5.32 Å². The van der Waals surface area contributed by atoms with Gasteiger partial charge in [0, 0.05) is 9.49 Å². The van der Waals surface area contributed by atoms with Gasteiger partial charge in [-0.15, -0.1) is 6.58 Å². The van der Waals surface area contributed by atoms with Crippen LogP contribution in [-0.2, 0) is 4.79 Å². The summed E-state index contributed by atoms with van der Waals surface area (Å²) in [6.45, 7) is 9.56. The van der Waals surface area contributed by atoms with Crippen molar-refractivity contribution in [2.24, 2.45) is 5.92 Å². The number of nitrogens with zero attached hydrogens (tertiary/aromatic N) is 1. The molecule has 0 fully saturated rings. The van der Waals surface area contributed by atoms with Crippen LogP contribution >= 0.6 is 22.6 Å². The third-order valence-corrected chi connectivity index (χ3v) is 3.51. The lowest BCUT2D eigenvalue weighted by molar-refractivity contribution is -0.119. The fourth-order valence-electron chi connectivity index (χ4n) is 1.48. The Kier molecular flexibility index (Phi) is 5.11. The zero-order valence-corrected chi connectivity index (χ0v) is 12.5. The van der Waals surface area contributed by atoms with Crippen LogP contribution in [0.15, 0.2) is 24.3 Å². The standard InChI is InChI=1S/C13H17IN2O/c1-8(2)7-9(3)13(17)16-12-6-5-11(14)10(4)15-12/h5-6,9H,1,7H2,2-4H3,(H,15,16,17)/t9-/m1/s1. The number of hydrogen-bond acceptors (Lipinski definition) is 2. The van der Waals surface area contributed by atoms with Gasteiger partial charge in [-0.25, -0.2) is 4.98 Å². The average Bonchev–Trinajstić information content (AvgIpc) is 2.22. The highest BCUT2D eigenvalue weighted by molar-refractivity contribution is 14.1. The number of hydrogen-bond donors (Lipinski definition) is 1. The Bertz CT molecular complexity index is 443. The molecule has 3 nitrogen and oxygen atoms in total. The highest BCUT2D eigenvalue weighted by Gasteiger charge is 2.13. The minimum atomic E-state index is -0.0751. The van der Waals surface area contributed by atoms with E-state index in [1.54, 1.807) is 0 Å². The van der Waals surface area contributed by atoms with Crippen molar-refractivity contribution in [3.05, 3.63) is 33.5 Å². The van der Waals surface area contributed by atoms with Crippen molar-refractivity contribution < 1.29 is 4.79 Å². The van der Waals surface area contributed by atoms with Gasteiger partial charge in [0.2, 0.25) is 5.91 Å². The Hall–Kier alpha value is -0.910. The quantitative estimate of drug-likeness (QED) is 0.671. The van der Waals surface area contributed by atoms with Gasteiger partial charge >= 0.3 is 0 Å². The topological polar surface area (TPSA) is 42.0 Å². The molecule has 1 amide bonds. The highest BCUT2D eigenvalue weighted by Crippen LogP contribution is 2.15. The minimum absolute atomic E-state index is 0.0129. The van der Waals surface area contributed by atoms with E-state index in [0.29, 0.717) is 12.2 Å². The van der Waals surface area contributed by atoms with E-state index < -0.39 is 0 Å². The molecule has 0 saturated carbocycles. The number of rotatable bonds is 4. The van der Waals surface area contributed by atoms with Gasteiger partial charge in [0.05, 0.1) is 5.69 Å². The summed E-state index contributed by atoms with van der Waals surface area (Å²) in [5.74, 6) is 0.525. The number of allylic oxidation sites excluding steroid dienone is 1. The number of amides is 1. The number of aryl methyl sites for hydroxylation is 1. The molecule has 1 aromatic rings. The Morgan fingerprint density at radius 2 is 2.24 bits per heavy atom. The van der Waals surface area contributed by atoms with Crippen molar-refractivity contribution >= 4 is 34.3 Å². The molecule has 0 aliphatic carbocycles. The van der Waals surface area contributed by atoms with Gasteiger partial charge in [-0.2, -0.15) is 0 Å². The van der Waals surface area contributed by atoms with Crippen molar-refractivity contribution in [3.63, 3.8) is 0 Å². The molecule has 0 aliphatic rings. The summed E-state index contributed by atoms with van der Waals surface area (Å²) in [7, 11) is 0. The van der Waals surface area contributed by atoms with Crippen LogP contribution in [-0.4, -0.2) is 10.9 Å². The molecule has 0 aromatic carbocycles. The Morgan fingerprint density at radius 1 is 1.59 bits per heavy atom. The van der Waals surface area contributed by atoms with E-state index in [2.05, 4.69) is 39.5 Å². The molecule has 0 spiro atoms. The molecule has 1 rings (SSSR count). The predicted molar refractivity (Wildman–Crippen MR) is 78.9 cm³/mol. The lowest BCUT2D eigenvalue weighted by atomic mass is 10.0. The molecule has 0 radical (unpaired) electrons. The van der Waals surface area contributed by atoms with Gasteiger partial charge in [0.25, 0.3) is 0 Å². The molecule has 0 unspecified atom stereocenters. The van der Waals surface area contributed by atoms with Gasteiger partial charge in [-0.3, -0.25) is 4.79 Å². The fraction of sp³-hybridized carbons (Fsp3) is 0.385. The van der Waals surface area contributed by atoms with E-state index in [0.717, 1.165) is 14.8 Å². The molecule has 92 valence electrons. The van der Waals surface area contributed by atoms with Gasteiger partial charge in [-0.1, -0.05) is 12.5 Å². The van der Waals surface area contributed by atoms with Gasteiger partial charge in [-0.05, 0) is 55.0 Å². The van der Waals surface area contributed by atoms with Crippen LogP contribution in [0.5, 0.6) is 0 Å². The van der Waals surface area contributed by atoms with Crippen molar-refractivity contribution in [2.45, 2.75) is 27.2 Å². The van der Waals surface area contributed by atoms with E-state index in [1.165, 1.54) is 0 Å². The molecule has 1 heterocycles. The van der Waals surface area contributed by atoms with E-state index in [1.807, 2.05) is 32.9 Å². The van der Waals surface area contributed by atoms with E-state index in [4.69, 9.17) is 0 Å². The van der Waals surface area contributed by atoms with Gasteiger partial charge < -0.3 is 5.32 Å². The maximum absolute atomic E-state index is 11.9. The first kappa shape index (κ1) is 14.2. The van der Waals surface area contributed by atoms with Crippen LogP contribution in [0.25, 0.3) is 0 Å². The molecule has 0 saturated heterocycles. The Morgan fingerprint density at radius 3 is 2.76 bits per heavy atom. The van der Waals surface area contributed by atoms with Crippen molar-refractivity contribution in [3.8, 4) is 0 Å². The smallest absolute Gasteiger partial charge is 0.228 e. The third kappa shape index (κ3) is 4.46. The molecular weight excluding hydrogens is 327 g/mol. The van der Waals surface area contributed by atoms with Crippen LogP contribution in [0.3, 0.4) is 0 Å². The van der Waals surface area contributed by atoms with E-state index >= 15 is 0 Å². The summed E-state index contributed by atoms with van der Waals surface area (Å²) < 4.78 is 1.09. The van der Waals surface area contributed by atoms with Crippen molar-refractivity contribution in [1.29, 1.82) is 0 Å². The average molecular weight is 344 g/mol. The number of pyridine rings is 1. The molecule has 0 bridgehead atoms. The predicted octanol–water partition coefficient (Wildman–Crippen LogP) is 3.54. The first-order valence-corrected chi connectivity index (χ1v) is 6.56. The fourth-order valence-corrected chi connectivity index (χ4v) is 1.78. The van der Waals surface area contributed by atoms with Crippen LogP contribution in [0.1, 0.15) is 26.0 Å². The van der Waals surface area contributed by atoms with Gasteiger partial charge in [0.1, 0.15) is 5.82 Å². The number of carbonyl (C=O) groups excluding carboxylic acids is 1. The number of halogens is 1. The molecule has 1 aromatic heterocycles. The lowest BCUT2D eigenvalue weighted by Gasteiger charge is -2.12. The second kappa shape index (κ2) is 6.14. The Labute approximate surface area is 116 Å². The first-order valence-electron chi connectivity index (χ1n) is 5.48. The summed E-state index contributed by atoms with van der Waals surface area (Å²) in [6.07, 6.45) is 0.704. The first-order chi connectivity index (χ1) is 7.90. The molecule has 4 heteroatoms. The Balaban J connectivity index is 2.67. The maximum Gasteiger partial charge on any atom is 0.228 e. The number of carbonyl (C=O) groups is 1. The summed E-state index contributed by atoms with van der Waals surface area (Å²) in [6, 6.07) is 3.77. The monoisotopic (exact) mass is 344 g/mol. The normalized spacial score (nSPS) is 12.0. The van der Waals surface area contributed by atoms with Gasteiger partial charge in [0.15, 0.2) is 0 Å².